The molecule has 0 bridgehead atoms. The Balaban J connectivity index is 0.000000671. The third-order valence-electron chi connectivity index (χ3n) is 5.95. The number of nitrogens with zero attached hydrogens (tertiary/aromatic N) is 3. The zero-order valence-electron chi connectivity index (χ0n) is 28.7. The zero-order valence-corrected chi connectivity index (χ0v) is 28.7. The summed E-state index contributed by atoms with van der Waals surface area (Å²) in [7, 11) is 10.1. The number of rotatable bonds is 7. The van der Waals surface area contributed by atoms with Crippen molar-refractivity contribution in [1.29, 1.82) is 0 Å². The predicted molar refractivity (Wildman–Crippen MR) is 183 cm³/mol. The summed E-state index contributed by atoms with van der Waals surface area (Å²) in [6.45, 7) is 2.18. The molecule has 0 saturated heterocycles. The maximum Gasteiger partial charge on any atom is 0.335 e. The number of fused-ring (bicyclic) bond motifs is 1. The van der Waals surface area contributed by atoms with Gasteiger partial charge in [-0.3, -0.25) is 14.4 Å². The Morgan fingerprint density at radius 2 is 0.776 bits per heavy atom. The van der Waals surface area contributed by atoms with Gasteiger partial charge in [-0.15, -0.1) is 0 Å². The highest BCUT2D eigenvalue weighted by molar-refractivity contribution is 5.90. The van der Waals surface area contributed by atoms with Crippen LogP contribution in [-0.4, -0.2) is 138 Å². The smallest absolute Gasteiger partial charge is 0.335 e. The van der Waals surface area contributed by atoms with Crippen molar-refractivity contribution in [3.05, 3.63) is 71.8 Å². The molecule has 49 heavy (non-hydrogen) atoms. The molecule has 0 spiro atoms. The van der Waals surface area contributed by atoms with Crippen LogP contribution in [0.4, 0.5) is 0 Å². The Labute approximate surface area is 286 Å². The summed E-state index contributed by atoms with van der Waals surface area (Å²) in [4.78, 5) is 55.1. The molecular formula is C35H45N3O11. The van der Waals surface area contributed by atoms with Gasteiger partial charge in [0.2, 0.25) is 19.2 Å². The molecule has 0 unspecified atom stereocenters. The second kappa shape index (κ2) is 23.0. The summed E-state index contributed by atoms with van der Waals surface area (Å²) in [5.74, 6) is -1.02. The van der Waals surface area contributed by atoms with Crippen LogP contribution < -0.4 is 9.47 Å². The summed E-state index contributed by atoms with van der Waals surface area (Å²) in [5, 5.41) is 18.4. The highest BCUT2D eigenvalue weighted by atomic mass is 16.6. The van der Waals surface area contributed by atoms with Gasteiger partial charge in [0.25, 0.3) is 0 Å². The summed E-state index contributed by atoms with van der Waals surface area (Å²) in [6.07, 6.45) is 2.25. The molecule has 1 heterocycles. The van der Waals surface area contributed by atoms with E-state index in [-0.39, 0.29) is 24.3 Å². The number of carbonyl (C=O) groups is 5. The van der Waals surface area contributed by atoms with Gasteiger partial charge >= 0.3 is 11.9 Å². The van der Waals surface area contributed by atoms with Crippen LogP contribution in [0.25, 0.3) is 22.3 Å². The molecule has 1 aliphatic rings. The molecule has 0 atom stereocenters. The first-order chi connectivity index (χ1) is 23.4. The van der Waals surface area contributed by atoms with E-state index in [9.17, 15) is 34.2 Å². The largest absolute Gasteiger partial charge is 0.487 e. The van der Waals surface area contributed by atoms with Crippen molar-refractivity contribution < 1.29 is 53.1 Å². The summed E-state index contributed by atoms with van der Waals surface area (Å²) in [6, 6.07) is 16.8. The van der Waals surface area contributed by atoms with E-state index < -0.39 is 11.9 Å². The standard InChI is InChI=1S/C26H24O8.3C3H7NO/c27-25(28)19-5-1-17(2-6-19)21-9-10-22(18-3-7-20(8-4-18)26(29)30)24-23(21)33-15-13-31-11-12-32-14-16-34-24;3*1-4(2)3-5/h1-10H,11-16H2,(H,27,28)(H,29,30);3*3H,1-2H3. The first-order valence-electron chi connectivity index (χ1n) is 15.0. The first kappa shape index (κ1) is 41.6. The van der Waals surface area contributed by atoms with Crippen LogP contribution in [0.5, 0.6) is 11.5 Å². The quantitative estimate of drug-likeness (QED) is 0.350. The van der Waals surface area contributed by atoms with Crippen molar-refractivity contribution in [2.75, 3.05) is 81.9 Å². The molecule has 0 aromatic heterocycles. The van der Waals surface area contributed by atoms with E-state index >= 15 is 0 Å². The van der Waals surface area contributed by atoms with E-state index in [4.69, 9.17) is 18.9 Å². The van der Waals surface area contributed by atoms with Gasteiger partial charge in [-0.25, -0.2) is 9.59 Å². The average Bonchev–Trinajstić information content (AvgIpc) is 3.09. The molecule has 0 aliphatic carbocycles. The molecule has 1 aliphatic heterocycles. The first-order valence-corrected chi connectivity index (χ1v) is 15.0. The lowest BCUT2D eigenvalue weighted by atomic mass is 9.96. The second-order valence-electron chi connectivity index (χ2n) is 10.7. The fourth-order valence-electron chi connectivity index (χ4n) is 3.62. The van der Waals surface area contributed by atoms with E-state index in [1.165, 1.54) is 39.0 Å². The van der Waals surface area contributed by atoms with E-state index in [1.54, 1.807) is 66.6 Å². The SMILES string of the molecule is CN(C)C=O.CN(C)C=O.CN(C)C=O.O=C(O)c1ccc(-c2ccc(-c3ccc(C(=O)O)cc3)c3c2OCCOCCOCCO3)cc1. The van der Waals surface area contributed by atoms with E-state index in [1.807, 2.05) is 12.1 Å². The van der Waals surface area contributed by atoms with Crippen molar-refractivity contribution in [1.82, 2.24) is 14.7 Å². The van der Waals surface area contributed by atoms with Crippen LogP contribution >= 0.6 is 0 Å². The second-order valence-corrected chi connectivity index (χ2v) is 10.7. The Morgan fingerprint density at radius 3 is 1.02 bits per heavy atom. The topological polar surface area (TPSA) is 172 Å². The molecule has 14 nitrogen and oxygen atoms in total. The minimum atomic E-state index is -1.00. The summed E-state index contributed by atoms with van der Waals surface area (Å²) in [5.41, 5.74) is 3.37. The Bertz CT molecular complexity index is 1340. The summed E-state index contributed by atoms with van der Waals surface area (Å²) < 4.78 is 23.4. The van der Waals surface area contributed by atoms with Crippen molar-refractivity contribution >= 4 is 31.2 Å². The molecule has 0 radical (unpaired) electrons. The number of amides is 3. The summed E-state index contributed by atoms with van der Waals surface area (Å²) >= 11 is 0. The number of ether oxygens (including phenoxy) is 4. The molecule has 4 rings (SSSR count). The fourth-order valence-corrected chi connectivity index (χ4v) is 3.62. The molecule has 0 fully saturated rings. The highest BCUT2D eigenvalue weighted by Gasteiger charge is 2.20. The Morgan fingerprint density at radius 1 is 0.510 bits per heavy atom. The molecule has 3 aromatic rings. The monoisotopic (exact) mass is 683 g/mol. The predicted octanol–water partition coefficient (Wildman–Crippen LogP) is 3.33. The number of hydrogen-bond acceptors (Lipinski definition) is 9. The number of aromatic carboxylic acids is 2. The van der Waals surface area contributed by atoms with Gasteiger partial charge in [0.15, 0.2) is 11.5 Å². The molecule has 0 saturated carbocycles. The van der Waals surface area contributed by atoms with Crippen LogP contribution in [0.15, 0.2) is 60.7 Å². The van der Waals surface area contributed by atoms with Crippen LogP contribution in [0.2, 0.25) is 0 Å². The minimum Gasteiger partial charge on any atom is -0.487 e. The van der Waals surface area contributed by atoms with Crippen LogP contribution in [0.3, 0.4) is 0 Å². The lowest BCUT2D eigenvalue weighted by molar-refractivity contribution is -0.116. The maximum absolute atomic E-state index is 11.3. The van der Waals surface area contributed by atoms with Gasteiger partial charge in [-0.05, 0) is 47.5 Å². The number of hydrogen-bond donors (Lipinski definition) is 2. The van der Waals surface area contributed by atoms with Crippen molar-refractivity contribution in [3.63, 3.8) is 0 Å². The Kier molecular flexibility index (Phi) is 19.5. The van der Waals surface area contributed by atoms with Crippen LogP contribution in [0, 0.1) is 0 Å². The molecule has 2 N–H and O–H groups in total. The van der Waals surface area contributed by atoms with Crippen LogP contribution in [0.1, 0.15) is 20.7 Å². The lowest BCUT2D eigenvalue weighted by Crippen LogP contribution is -2.16. The fraction of sp³-hybridized carbons (Fsp3) is 0.343. The van der Waals surface area contributed by atoms with Crippen molar-refractivity contribution in [2.24, 2.45) is 0 Å². The number of carboxylic acid groups (broad SMARTS) is 2. The normalized spacial score (nSPS) is 12.1. The van der Waals surface area contributed by atoms with Gasteiger partial charge in [0.05, 0.1) is 37.6 Å². The zero-order chi connectivity index (χ0) is 36.8. The average molecular weight is 684 g/mol. The van der Waals surface area contributed by atoms with Crippen LogP contribution in [-0.2, 0) is 23.9 Å². The minimum absolute atomic E-state index is 0.186. The van der Waals surface area contributed by atoms with Gasteiger partial charge < -0.3 is 43.9 Å². The lowest BCUT2D eigenvalue weighted by Gasteiger charge is -2.21. The van der Waals surface area contributed by atoms with Crippen molar-refractivity contribution in [2.45, 2.75) is 0 Å². The molecule has 3 amide bonds. The van der Waals surface area contributed by atoms with Gasteiger partial charge in [-0.1, -0.05) is 24.3 Å². The van der Waals surface area contributed by atoms with E-state index in [2.05, 4.69) is 0 Å². The Hall–Kier alpha value is -5.47. The van der Waals surface area contributed by atoms with Gasteiger partial charge in [0.1, 0.15) is 13.2 Å². The number of carbonyl (C=O) groups excluding carboxylic acids is 3. The molecule has 14 heteroatoms. The van der Waals surface area contributed by atoms with E-state index in [0.29, 0.717) is 37.9 Å². The highest BCUT2D eigenvalue weighted by Crippen LogP contribution is 2.45. The third-order valence-corrected chi connectivity index (χ3v) is 5.95. The third kappa shape index (κ3) is 15.8. The molecule has 266 valence electrons. The van der Waals surface area contributed by atoms with Gasteiger partial charge in [-0.2, -0.15) is 0 Å². The number of benzene rings is 3. The molecule has 3 aromatic carbocycles. The molecular weight excluding hydrogens is 638 g/mol. The maximum atomic E-state index is 11.3. The van der Waals surface area contributed by atoms with Crippen molar-refractivity contribution in [3.8, 4) is 33.8 Å². The van der Waals surface area contributed by atoms with Gasteiger partial charge in [0, 0.05) is 53.4 Å². The van der Waals surface area contributed by atoms with E-state index in [0.717, 1.165) is 41.5 Å². The number of carboxylic acids is 2.